The first-order chi connectivity index (χ1) is 7.77. The molecule has 2 rings (SSSR count). The minimum atomic E-state index is 0.758. The quantitative estimate of drug-likeness (QED) is 0.790. The summed E-state index contributed by atoms with van der Waals surface area (Å²) < 4.78 is 0. The molecule has 0 spiro atoms. The lowest BCUT2D eigenvalue weighted by molar-refractivity contribution is 0.185. The van der Waals surface area contributed by atoms with Crippen LogP contribution in [-0.4, -0.2) is 18.0 Å². The van der Waals surface area contributed by atoms with Crippen LogP contribution in [0, 0.1) is 0 Å². The van der Waals surface area contributed by atoms with Crippen LogP contribution >= 0.6 is 0 Å². The first kappa shape index (κ1) is 11.5. The van der Waals surface area contributed by atoms with Crippen molar-refractivity contribution in [3.63, 3.8) is 0 Å². The van der Waals surface area contributed by atoms with Gasteiger partial charge in [-0.3, -0.25) is 4.90 Å². The van der Waals surface area contributed by atoms with Crippen molar-refractivity contribution in [2.24, 2.45) is 0 Å². The highest BCUT2D eigenvalue weighted by Crippen LogP contribution is 2.23. The van der Waals surface area contributed by atoms with Crippen molar-refractivity contribution in [2.45, 2.75) is 44.7 Å². The second kappa shape index (κ2) is 5.35. The molecule has 0 bridgehead atoms. The first-order valence-electron chi connectivity index (χ1n) is 6.31. The number of rotatable bonds is 3. The molecule has 1 fully saturated rings. The van der Waals surface area contributed by atoms with Gasteiger partial charge in [0.05, 0.1) is 0 Å². The standard InChI is InChI=1S/C14H22N2/c1-16(13-8-3-2-4-9-13)11-12-7-5-6-10-14(12)15/h5-7,10,13H,2-4,8-9,11,15H2,1H3. The van der Waals surface area contributed by atoms with Gasteiger partial charge >= 0.3 is 0 Å². The van der Waals surface area contributed by atoms with Crippen LogP contribution in [0.25, 0.3) is 0 Å². The molecule has 0 saturated heterocycles. The van der Waals surface area contributed by atoms with Crippen LogP contribution in [0.15, 0.2) is 24.3 Å². The molecule has 1 aromatic rings. The Morgan fingerprint density at radius 3 is 2.56 bits per heavy atom. The van der Waals surface area contributed by atoms with E-state index in [0.29, 0.717) is 0 Å². The predicted octanol–water partition coefficient (Wildman–Crippen LogP) is 3.03. The van der Waals surface area contributed by atoms with Crippen molar-refractivity contribution in [3.05, 3.63) is 29.8 Å². The lowest BCUT2D eigenvalue weighted by Crippen LogP contribution is -2.33. The van der Waals surface area contributed by atoms with Gasteiger partial charge in [-0.1, -0.05) is 37.5 Å². The van der Waals surface area contributed by atoms with Gasteiger partial charge in [0.1, 0.15) is 0 Å². The third-order valence-corrected chi connectivity index (χ3v) is 3.67. The number of anilines is 1. The highest BCUT2D eigenvalue weighted by atomic mass is 15.1. The molecule has 0 unspecified atom stereocenters. The highest BCUT2D eigenvalue weighted by molar-refractivity contribution is 5.46. The van der Waals surface area contributed by atoms with Gasteiger partial charge in [-0.2, -0.15) is 0 Å². The summed E-state index contributed by atoms with van der Waals surface area (Å²) in [7, 11) is 2.22. The van der Waals surface area contributed by atoms with Crippen LogP contribution in [0.1, 0.15) is 37.7 Å². The molecule has 1 aliphatic carbocycles. The van der Waals surface area contributed by atoms with E-state index in [1.807, 2.05) is 12.1 Å². The zero-order valence-electron chi connectivity index (χ0n) is 10.2. The van der Waals surface area contributed by atoms with E-state index in [2.05, 4.69) is 24.1 Å². The van der Waals surface area contributed by atoms with Crippen molar-refractivity contribution in [3.8, 4) is 0 Å². The van der Waals surface area contributed by atoms with E-state index in [1.165, 1.54) is 37.7 Å². The second-order valence-corrected chi connectivity index (χ2v) is 4.91. The minimum absolute atomic E-state index is 0.758. The van der Waals surface area contributed by atoms with Gasteiger partial charge in [0, 0.05) is 18.3 Å². The number of nitrogens with zero attached hydrogens (tertiary/aromatic N) is 1. The summed E-state index contributed by atoms with van der Waals surface area (Å²) in [5.41, 5.74) is 8.15. The summed E-state index contributed by atoms with van der Waals surface area (Å²) >= 11 is 0. The van der Waals surface area contributed by atoms with E-state index < -0.39 is 0 Å². The van der Waals surface area contributed by atoms with Gasteiger partial charge in [-0.15, -0.1) is 0 Å². The highest BCUT2D eigenvalue weighted by Gasteiger charge is 2.18. The minimum Gasteiger partial charge on any atom is -0.398 e. The molecule has 0 aromatic heterocycles. The molecule has 1 aliphatic rings. The summed E-state index contributed by atoms with van der Waals surface area (Å²) in [6, 6.07) is 8.95. The monoisotopic (exact) mass is 218 g/mol. The average molecular weight is 218 g/mol. The molecule has 0 heterocycles. The van der Waals surface area contributed by atoms with E-state index >= 15 is 0 Å². The van der Waals surface area contributed by atoms with Crippen molar-refractivity contribution in [2.75, 3.05) is 12.8 Å². The summed E-state index contributed by atoms with van der Waals surface area (Å²) in [5, 5.41) is 0. The van der Waals surface area contributed by atoms with E-state index in [9.17, 15) is 0 Å². The van der Waals surface area contributed by atoms with Gasteiger partial charge in [-0.25, -0.2) is 0 Å². The largest absolute Gasteiger partial charge is 0.398 e. The van der Waals surface area contributed by atoms with Gasteiger partial charge < -0.3 is 5.73 Å². The molecule has 2 N–H and O–H groups in total. The smallest absolute Gasteiger partial charge is 0.0359 e. The van der Waals surface area contributed by atoms with Gasteiger partial charge in [-0.05, 0) is 31.5 Å². The van der Waals surface area contributed by atoms with Crippen LogP contribution in [0.5, 0.6) is 0 Å². The van der Waals surface area contributed by atoms with Crippen molar-refractivity contribution >= 4 is 5.69 Å². The first-order valence-corrected chi connectivity index (χ1v) is 6.31. The molecule has 16 heavy (non-hydrogen) atoms. The van der Waals surface area contributed by atoms with Crippen molar-refractivity contribution in [1.82, 2.24) is 4.90 Å². The molecule has 88 valence electrons. The molecule has 0 aliphatic heterocycles. The molecular weight excluding hydrogens is 196 g/mol. The van der Waals surface area contributed by atoms with Crippen molar-refractivity contribution in [1.29, 1.82) is 0 Å². The Kier molecular flexibility index (Phi) is 3.83. The van der Waals surface area contributed by atoms with Crippen LogP contribution in [0.4, 0.5) is 5.69 Å². The predicted molar refractivity (Wildman–Crippen MR) is 69.2 cm³/mol. The number of hydrogen-bond donors (Lipinski definition) is 1. The number of nitrogens with two attached hydrogens (primary N) is 1. The number of para-hydroxylation sites is 1. The molecule has 1 aromatic carbocycles. The Balaban J connectivity index is 1.96. The summed E-state index contributed by atoms with van der Waals surface area (Å²) in [6.45, 7) is 0.983. The van der Waals surface area contributed by atoms with Crippen LogP contribution in [0.2, 0.25) is 0 Å². The Labute approximate surface area is 98.4 Å². The van der Waals surface area contributed by atoms with E-state index in [0.717, 1.165) is 18.3 Å². The van der Waals surface area contributed by atoms with Crippen LogP contribution < -0.4 is 5.73 Å². The Morgan fingerprint density at radius 1 is 1.19 bits per heavy atom. The lowest BCUT2D eigenvalue weighted by atomic mass is 9.94. The molecular formula is C14H22N2. The van der Waals surface area contributed by atoms with E-state index in [4.69, 9.17) is 5.73 Å². The normalized spacial score (nSPS) is 17.9. The van der Waals surface area contributed by atoms with Crippen LogP contribution in [-0.2, 0) is 6.54 Å². The Bertz CT molecular complexity index is 329. The summed E-state index contributed by atoms with van der Waals surface area (Å²) in [5.74, 6) is 0. The number of hydrogen-bond acceptors (Lipinski definition) is 2. The molecule has 0 amide bonds. The SMILES string of the molecule is CN(Cc1ccccc1N)C1CCCCC1. The second-order valence-electron chi connectivity index (χ2n) is 4.91. The zero-order chi connectivity index (χ0) is 11.4. The maximum Gasteiger partial charge on any atom is 0.0359 e. The molecule has 2 nitrogen and oxygen atoms in total. The maximum atomic E-state index is 5.97. The third-order valence-electron chi connectivity index (χ3n) is 3.67. The Morgan fingerprint density at radius 2 is 1.88 bits per heavy atom. The average Bonchev–Trinajstić information content (AvgIpc) is 2.33. The van der Waals surface area contributed by atoms with Gasteiger partial charge in [0.2, 0.25) is 0 Å². The zero-order valence-corrected chi connectivity index (χ0v) is 10.2. The Hall–Kier alpha value is -1.02. The van der Waals surface area contributed by atoms with Crippen LogP contribution in [0.3, 0.4) is 0 Å². The van der Waals surface area contributed by atoms with Gasteiger partial charge in [0.25, 0.3) is 0 Å². The molecule has 2 heteroatoms. The fourth-order valence-electron chi connectivity index (χ4n) is 2.60. The summed E-state index contributed by atoms with van der Waals surface area (Å²) in [6.07, 6.45) is 6.89. The van der Waals surface area contributed by atoms with Crippen molar-refractivity contribution < 1.29 is 0 Å². The van der Waals surface area contributed by atoms with E-state index in [-0.39, 0.29) is 0 Å². The topological polar surface area (TPSA) is 29.3 Å². The molecule has 1 saturated carbocycles. The number of nitrogen functional groups attached to an aromatic ring is 1. The van der Waals surface area contributed by atoms with Gasteiger partial charge in [0.15, 0.2) is 0 Å². The number of benzene rings is 1. The fraction of sp³-hybridized carbons (Fsp3) is 0.571. The summed E-state index contributed by atoms with van der Waals surface area (Å²) in [4.78, 5) is 2.46. The third kappa shape index (κ3) is 2.76. The molecule has 0 atom stereocenters. The fourth-order valence-corrected chi connectivity index (χ4v) is 2.60. The van der Waals surface area contributed by atoms with E-state index in [1.54, 1.807) is 0 Å². The lowest BCUT2D eigenvalue weighted by Gasteiger charge is -2.31. The molecule has 0 radical (unpaired) electrons. The maximum absolute atomic E-state index is 5.97.